The number of aromatic amines is 1. The smallest absolute Gasteiger partial charge is 0.265 e. The summed E-state index contributed by atoms with van der Waals surface area (Å²) in [5, 5.41) is 4.80. The van der Waals surface area contributed by atoms with E-state index in [9.17, 15) is 4.79 Å². The molecule has 0 fully saturated rings. The lowest BCUT2D eigenvalue weighted by Gasteiger charge is -2.17. The van der Waals surface area contributed by atoms with Crippen molar-refractivity contribution >= 4 is 34.0 Å². The van der Waals surface area contributed by atoms with Crippen LogP contribution in [0, 0.1) is 0 Å². The molecule has 0 saturated carbocycles. The van der Waals surface area contributed by atoms with E-state index < -0.39 is 0 Å². The van der Waals surface area contributed by atoms with Gasteiger partial charge in [-0.05, 0) is 23.6 Å². The van der Waals surface area contributed by atoms with Gasteiger partial charge in [0.05, 0.1) is 15.9 Å². The Morgan fingerprint density at radius 1 is 1.07 bits per heavy atom. The monoisotopic (exact) mass is 377 g/mol. The number of ether oxygens (including phenoxy) is 2. The summed E-state index contributed by atoms with van der Waals surface area (Å²) in [6.07, 6.45) is 0. The number of hydrogen-bond acceptors (Lipinski definition) is 5. The van der Waals surface area contributed by atoms with Crippen molar-refractivity contribution < 1.29 is 14.3 Å². The first kappa shape index (κ1) is 15.9. The zero-order valence-electron chi connectivity index (χ0n) is 14.2. The van der Waals surface area contributed by atoms with E-state index in [1.165, 1.54) is 11.3 Å². The Morgan fingerprint density at radius 3 is 2.74 bits per heavy atom. The van der Waals surface area contributed by atoms with Gasteiger partial charge in [0.25, 0.3) is 5.91 Å². The lowest BCUT2D eigenvalue weighted by molar-refractivity contribution is 0.103. The highest BCUT2D eigenvalue weighted by atomic mass is 32.1. The van der Waals surface area contributed by atoms with Crippen LogP contribution >= 0.6 is 11.3 Å². The fourth-order valence-electron chi connectivity index (χ4n) is 3.03. The molecule has 2 aromatic heterocycles. The van der Waals surface area contributed by atoms with Crippen molar-refractivity contribution in [2.75, 3.05) is 18.5 Å². The van der Waals surface area contributed by atoms with E-state index in [-0.39, 0.29) is 5.91 Å². The van der Waals surface area contributed by atoms with Gasteiger partial charge in [0.2, 0.25) is 0 Å². The molecule has 0 aliphatic carbocycles. The number of hydrogen-bond donors (Lipinski definition) is 2. The first-order valence-corrected chi connectivity index (χ1v) is 9.39. The summed E-state index contributed by atoms with van der Waals surface area (Å²) in [6, 6.07) is 15.0. The Labute approximate surface area is 158 Å². The van der Waals surface area contributed by atoms with E-state index in [0.717, 1.165) is 33.9 Å². The highest BCUT2D eigenvalue weighted by Gasteiger charge is 2.15. The van der Waals surface area contributed by atoms with Crippen LogP contribution in [0.1, 0.15) is 9.67 Å². The second-order valence-corrected chi connectivity index (χ2v) is 7.06. The Balaban J connectivity index is 1.46. The van der Waals surface area contributed by atoms with Gasteiger partial charge in [-0.2, -0.15) is 0 Å². The van der Waals surface area contributed by atoms with Gasteiger partial charge in [-0.15, -0.1) is 11.3 Å². The lowest BCUT2D eigenvalue weighted by atomic mass is 10.2. The third-order valence-electron chi connectivity index (χ3n) is 4.28. The molecule has 0 radical (unpaired) electrons. The minimum Gasteiger partial charge on any atom is -0.486 e. The van der Waals surface area contributed by atoms with Gasteiger partial charge in [0, 0.05) is 23.4 Å². The summed E-state index contributed by atoms with van der Waals surface area (Å²) >= 11 is 1.41. The van der Waals surface area contributed by atoms with Crippen molar-refractivity contribution in [3.05, 3.63) is 58.8 Å². The maximum Gasteiger partial charge on any atom is 0.265 e. The van der Waals surface area contributed by atoms with E-state index in [1.807, 2.05) is 47.8 Å². The van der Waals surface area contributed by atoms with Crippen LogP contribution in [0.15, 0.2) is 53.9 Å². The average molecular weight is 377 g/mol. The van der Waals surface area contributed by atoms with Gasteiger partial charge in [-0.3, -0.25) is 4.79 Å². The van der Waals surface area contributed by atoms with Gasteiger partial charge in [0.1, 0.15) is 19.0 Å². The van der Waals surface area contributed by atoms with Crippen LogP contribution in [0.2, 0.25) is 0 Å². The molecule has 1 aliphatic heterocycles. The molecule has 0 unspecified atom stereocenters. The molecule has 7 heteroatoms. The summed E-state index contributed by atoms with van der Waals surface area (Å²) in [4.78, 5) is 20.9. The molecular weight excluding hydrogens is 362 g/mol. The molecule has 0 bridgehead atoms. The number of thiophene rings is 1. The summed E-state index contributed by atoms with van der Waals surface area (Å²) in [5.41, 5.74) is 3.29. The van der Waals surface area contributed by atoms with Crippen molar-refractivity contribution in [1.82, 2.24) is 9.97 Å². The first-order chi connectivity index (χ1) is 13.3. The molecule has 5 rings (SSSR count). The van der Waals surface area contributed by atoms with Gasteiger partial charge in [-0.1, -0.05) is 18.2 Å². The predicted molar refractivity (Wildman–Crippen MR) is 105 cm³/mol. The molecule has 2 N–H and O–H groups in total. The van der Waals surface area contributed by atoms with Crippen LogP contribution in [-0.2, 0) is 0 Å². The maximum atomic E-state index is 12.3. The number of anilines is 1. The standard InChI is InChI=1S/C20H15N3O3S/c24-20(18-5-2-8-27-18)21-13-4-1-3-12(9-13)19-22-14-10-16-17(11-15(14)23-19)26-7-6-25-16/h1-5,8-11H,6-7H2,(H,21,24)(H,22,23). The SMILES string of the molecule is O=C(Nc1cccc(-c2nc3cc4c(cc3[nH]2)OCCO4)c1)c1cccs1. The number of nitrogens with one attached hydrogen (secondary N) is 2. The molecule has 3 heterocycles. The Morgan fingerprint density at radius 2 is 1.93 bits per heavy atom. The van der Waals surface area contributed by atoms with E-state index in [1.54, 1.807) is 6.07 Å². The zero-order valence-corrected chi connectivity index (χ0v) is 15.0. The number of carbonyl (C=O) groups is 1. The Kier molecular flexibility index (Phi) is 3.79. The molecule has 27 heavy (non-hydrogen) atoms. The number of fused-ring (bicyclic) bond motifs is 2. The Bertz CT molecular complexity index is 1090. The third-order valence-corrected chi connectivity index (χ3v) is 5.15. The van der Waals surface area contributed by atoms with Crippen molar-refractivity contribution in [1.29, 1.82) is 0 Å². The van der Waals surface area contributed by atoms with E-state index in [0.29, 0.717) is 23.8 Å². The normalized spacial score (nSPS) is 12.9. The molecule has 0 saturated heterocycles. The third kappa shape index (κ3) is 3.02. The number of aromatic nitrogens is 2. The zero-order chi connectivity index (χ0) is 18.2. The minimum absolute atomic E-state index is 0.117. The lowest BCUT2D eigenvalue weighted by Crippen LogP contribution is -2.15. The number of amides is 1. The minimum atomic E-state index is -0.117. The number of rotatable bonds is 3. The molecule has 1 aliphatic rings. The first-order valence-electron chi connectivity index (χ1n) is 8.51. The topological polar surface area (TPSA) is 76.2 Å². The number of imidazole rings is 1. The number of benzene rings is 2. The number of carbonyl (C=O) groups excluding carboxylic acids is 1. The summed E-state index contributed by atoms with van der Waals surface area (Å²) in [7, 11) is 0. The summed E-state index contributed by atoms with van der Waals surface area (Å²) in [6.45, 7) is 1.09. The van der Waals surface area contributed by atoms with Crippen molar-refractivity contribution in [2.24, 2.45) is 0 Å². The van der Waals surface area contributed by atoms with Crippen molar-refractivity contribution in [2.45, 2.75) is 0 Å². The molecule has 6 nitrogen and oxygen atoms in total. The van der Waals surface area contributed by atoms with E-state index >= 15 is 0 Å². The Hall–Kier alpha value is -3.32. The van der Waals surface area contributed by atoms with Gasteiger partial charge in [0.15, 0.2) is 11.5 Å². The number of H-pyrrole nitrogens is 1. The highest BCUT2D eigenvalue weighted by Crippen LogP contribution is 2.35. The van der Waals surface area contributed by atoms with Crippen LogP contribution in [0.4, 0.5) is 5.69 Å². The molecule has 134 valence electrons. The second-order valence-electron chi connectivity index (χ2n) is 6.11. The van der Waals surface area contributed by atoms with Crippen LogP contribution < -0.4 is 14.8 Å². The fraction of sp³-hybridized carbons (Fsp3) is 0.100. The second kappa shape index (κ2) is 6.44. The van der Waals surface area contributed by atoms with E-state index in [2.05, 4.69) is 15.3 Å². The van der Waals surface area contributed by atoms with Crippen LogP contribution in [0.5, 0.6) is 11.5 Å². The van der Waals surface area contributed by atoms with Crippen molar-refractivity contribution in [3.63, 3.8) is 0 Å². The van der Waals surface area contributed by atoms with Gasteiger partial charge in [-0.25, -0.2) is 4.98 Å². The van der Waals surface area contributed by atoms with Gasteiger partial charge >= 0.3 is 0 Å². The molecule has 2 aromatic carbocycles. The molecular formula is C20H15N3O3S. The average Bonchev–Trinajstić information content (AvgIpc) is 3.36. The van der Waals surface area contributed by atoms with Crippen LogP contribution in [0.25, 0.3) is 22.4 Å². The highest BCUT2D eigenvalue weighted by molar-refractivity contribution is 7.12. The summed E-state index contributed by atoms with van der Waals surface area (Å²) in [5.74, 6) is 2.04. The molecule has 1 amide bonds. The predicted octanol–water partition coefficient (Wildman–Crippen LogP) is 4.31. The summed E-state index contributed by atoms with van der Waals surface area (Å²) < 4.78 is 11.2. The maximum absolute atomic E-state index is 12.3. The quantitative estimate of drug-likeness (QED) is 0.558. The molecule has 4 aromatic rings. The van der Waals surface area contributed by atoms with Crippen LogP contribution in [-0.4, -0.2) is 29.1 Å². The largest absolute Gasteiger partial charge is 0.486 e. The molecule has 0 atom stereocenters. The number of nitrogens with zero attached hydrogens (tertiary/aromatic N) is 1. The fourth-order valence-corrected chi connectivity index (χ4v) is 3.65. The van der Waals surface area contributed by atoms with Crippen LogP contribution in [0.3, 0.4) is 0 Å². The van der Waals surface area contributed by atoms with Gasteiger partial charge < -0.3 is 19.8 Å². The van der Waals surface area contributed by atoms with Crippen molar-refractivity contribution in [3.8, 4) is 22.9 Å². The van der Waals surface area contributed by atoms with E-state index in [4.69, 9.17) is 9.47 Å². The molecule has 0 spiro atoms.